The van der Waals surface area contributed by atoms with Crippen molar-refractivity contribution in [2.75, 3.05) is 6.61 Å². The molecule has 3 N–H and O–H groups in total. The molecular formula is C13H26N2O2. The molecule has 0 aromatic carbocycles. The average molecular weight is 242 g/mol. The van der Waals surface area contributed by atoms with Gasteiger partial charge < -0.3 is 15.8 Å². The van der Waals surface area contributed by atoms with Gasteiger partial charge in [-0.3, -0.25) is 4.79 Å². The van der Waals surface area contributed by atoms with E-state index >= 15 is 0 Å². The lowest BCUT2D eigenvalue weighted by atomic mass is 9.86. The SMILES string of the molecule is CCC1(CC)CC(NC(=O)CC(C)N)CCO1. The Kier molecular flexibility index (Phi) is 5.40. The number of nitrogens with one attached hydrogen (secondary N) is 1. The third-order valence-electron chi connectivity index (χ3n) is 3.65. The first kappa shape index (κ1) is 14.5. The van der Waals surface area contributed by atoms with E-state index in [2.05, 4.69) is 19.2 Å². The maximum atomic E-state index is 11.7. The molecule has 2 atom stereocenters. The van der Waals surface area contributed by atoms with Gasteiger partial charge in [-0.1, -0.05) is 13.8 Å². The molecule has 17 heavy (non-hydrogen) atoms. The largest absolute Gasteiger partial charge is 0.375 e. The van der Waals surface area contributed by atoms with Crippen molar-refractivity contribution in [2.45, 2.75) is 70.6 Å². The van der Waals surface area contributed by atoms with E-state index in [4.69, 9.17) is 10.5 Å². The van der Waals surface area contributed by atoms with Gasteiger partial charge in [-0.2, -0.15) is 0 Å². The molecule has 100 valence electrons. The number of amides is 1. The van der Waals surface area contributed by atoms with Crippen LogP contribution in [0.5, 0.6) is 0 Å². The summed E-state index contributed by atoms with van der Waals surface area (Å²) in [6.07, 6.45) is 4.24. The second-order valence-corrected chi connectivity index (χ2v) is 5.18. The number of hydrogen-bond donors (Lipinski definition) is 2. The molecule has 4 nitrogen and oxygen atoms in total. The smallest absolute Gasteiger partial charge is 0.221 e. The number of rotatable bonds is 5. The molecule has 0 aromatic rings. The van der Waals surface area contributed by atoms with Crippen LogP contribution in [0, 0.1) is 0 Å². The summed E-state index contributed by atoms with van der Waals surface area (Å²) in [4.78, 5) is 11.7. The fraction of sp³-hybridized carbons (Fsp3) is 0.923. The molecule has 2 unspecified atom stereocenters. The lowest BCUT2D eigenvalue weighted by molar-refractivity contribution is -0.126. The van der Waals surface area contributed by atoms with Crippen molar-refractivity contribution in [3.05, 3.63) is 0 Å². The van der Waals surface area contributed by atoms with Crippen LogP contribution in [0.15, 0.2) is 0 Å². The summed E-state index contributed by atoms with van der Waals surface area (Å²) in [7, 11) is 0. The van der Waals surface area contributed by atoms with Crippen LogP contribution in [0.2, 0.25) is 0 Å². The van der Waals surface area contributed by atoms with Crippen molar-refractivity contribution in [1.82, 2.24) is 5.32 Å². The molecule has 4 heteroatoms. The van der Waals surface area contributed by atoms with Crippen LogP contribution in [-0.4, -0.2) is 30.2 Å². The zero-order chi connectivity index (χ0) is 12.9. The Balaban J connectivity index is 2.47. The maximum Gasteiger partial charge on any atom is 0.221 e. The molecule has 1 saturated heterocycles. The first-order chi connectivity index (χ1) is 8.01. The minimum atomic E-state index is -0.0723. The van der Waals surface area contributed by atoms with Gasteiger partial charge in [0.05, 0.1) is 5.60 Å². The van der Waals surface area contributed by atoms with E-state index in [-0.39, 0.29) is 23.6 Å². The molecule has 0 spiro atoms. The fourth-order valence-electron chi connectivity index (χ4n) is 2.47. The van der Waals surface area contributed by atoms with Gasteiger partial charge in [-0.25, -0.2) is 0 Å². The van der Waals surface area contributed by atoms with Gasteiger partial charge in [0.2, 0.25) is 5.91 Å². The number of carbonyl (C=O) groups excluding carboxylic acids is 1. The van der Waals surface area contributed by atoms with Gasteiger partial charge in [0.1, 0.15) is 0 Å². The predicted molar refractivity (Wildman–Crippen MR) is 68.7 cm³/mol. The van der Waals surface area contributed by atoms with Crippen molar-refractivity contribution in [3.8, 4) is 0 Å². The highest BCUT2D eigenvalue weighted by atomic mass is 16.5. The third kappa shape index (κ3) is 4.28. The molecule has 0 saturated carbocycles. The number of ether oxygens (including phenoxy) is 1. The molecule has 0 aliphatic carbocycles. The summed E-state index contributed by atoms with van der Waals surface area (Å²) in [5.41, 5.74) is 5.58. The van der Waals surface area contributed by atoms with Crippen molar-refractivity contribution in [1.29, 1.82) is 0 Å². The van der Waals surface area contributed by atoms with E-state index in [1.54, 1.807) is 0 Å². The minimum Gasteiger partial charge on any atom is -0.375 e. The standard InChI is InChI=1S/C13H26N2O2/c1-4-13(5-2)9-11(6-7-17-13)15-12(16)8-10(3)14/h10-11H,4-9,14H2,1-3H3,(H,15,16). The third-order valence-corrected chi connectivity index (χ3v) is 3.65. The Hall–Kier alpha value is -0.610. The van der Waals surface area contributed by atoms with E-state index in [0.29, 0.717) is 6.42 Å². The molecule has 0 bridgehead atoms. The maximum absolute atomic E-state index is 11.7. The molecule has 1 rings (SSSR count). The monoisotopic (exact) mass is 242 g/mol. The highest BCUT2D eigenvalue weighted by Gasteiger charge is 2.34. The Morgan fingerprint density at radius 3 is 2.71 bits per heavy atom. The second kappa shape index (κ2) is 6.36. The number of hydrogen-bond acceptors (Lipinski definition) is 3. The number of carbonyl (C=O) groups is 1. The number of nitrogens with two attached hydrogens (primary N) is 1. The predicted octanol–water partition coefficient (Wildman–Crippen LogP) is 1.58. The van der Waals surface area contributed by atoms with Crippen LogP contribution < -0.4 is 11.1 Å². The molecular weight excluding hydrogens is 216 g/mol. The van der Waals surface area contributed by atoms with Gasteiger partial charge in [0.25, 0.3) is 0 Å². The molecule has 1 fully saturated rings. The van der Waals surface area contributed by atoms with Gasteiger partial charge in [-0.15, -0.1) is 0 Å². The van der Waals surface area contributed by atoms with E-state index < -0.39 is 0 Å². The minimum absolute atomic E-state index is 0.0372. The molecule has 1 aliphatic rings. The first-order valence-corrected chi connectivity index (χ1v) is 6.70. The van der Waals surface area contributed by atoms with Crippen molar-refractivity contribution >= 4 is 5.91 Å². The molecule has 0 aromatic heterocycles. The summed E-state index contributed by atoms with van der Waals surface area (Å²) in [6.45, 7) is 6.89. The van der Waals surface area contributed by atoms with Gasteiger partial charge in [-0.05, 0) is 32.6 Å². The molecule has 1 heterocycles. The molecule has 1 amide bonds. The summed E-state index contributed by atoms with van der Waals surface area (Å²) < 4.78 is 5.88. The Morgan fingerprint density at radius 1 is 1.53 bits per heavy atom. The summed E-state index contributed by atoms with van der Waals surface area (Å²) in [5, 5.41) is 3.07. The molecule has 1 aliphatic heterocycles. The van der Waals surface area contributed by atoms with Crippen LogP contribution >= 0.6 is 0 Å². The lowest BCUT2D eigenvalue weighted by Crippen LogP contribution is -2.48. The van der Waals surface area contributed by atoms with E-state index in [9.17, 15) is 4.79 Å². The average Bonchev–Trinajstić information content (AvgIpc) is 2.28. The molecule has 0 radical (unpaired) electrons. The van der Waals surface area contributed by atoms with Crippen molar-refractivity contribution in [2.24, 2.45) is 5.73 Å². The Bertz CT molecular complexity index is 250. The summed E-state index contributed by atoms with van der Waals surface area (Å²) >= 11 is 0. The van der Waals surface area contributed by atoms with Gasteiger partial charge in [0, 0.05) is 25.1 Å². The van der Waals surface area contributed by atoms with Crippen LogP contribution in [0.25, 0.3) is 0 Å². The Morgan fingerprint density at radius 2 is 2.18 bits per heavy atom. The van der Waals surface area contributed by atoms with Crippen LogP contribution in [0.1, 0.15) is 52.9 Å². The van der Waals surface area contributed by atoms with Crippen LogP contribution in [0.3, 0.4) is 0 Å². The first-order valence-electron chi connectivity index (χ1n) is 6.70. The van der Waals surface area contributed by atoms with Crippen LogP contribution in [0.4, 0.5) is 0 Å². The van der Waals surface area contributed by atoms with Crippen molar-refractivity contribution in [3.63, 3.8) is 0 Å². The van der Waals surface area contributed by atoms with Crippen LogP contribution in [-0.2, 0) is 9.53 Å². The highest BCUT2D eigenvalue weighted by Crippen LogP contribution is 2.31. The topological polar surface area (TPSA) is 64.4 Å². The lowest BCUT2D eigenvalue weighted by Gasteiger charge is -2.40. The highest BCUT2D eigenvalue weighted by molar-refractivity contribution is 5.76. The van der Waals surface area contributed by atoms with Gasteiger partial charge >= 0.3 is 0 Å². The van der Waals surface area contributed by atoms with Gasteiger partial charge in [0.15, 0.2) is 0 Å². The van der Waals surface area contributed by atoms with E-state index in [1.165, 1.54) is 0 Å². The summed E-state index contributed by atoms with van der Waals surface area (Å²) in [5.74, 6) is 0.0630. The van der Waals surface area contributed by atoms with Crippen molar-refractivity contribution < 1.29 is 9.53 Å². The zero-order valence-electron chi connectivity index (χ0n) is 11.3. The van der Waals surface area contributed by atoms with E-state index in [1.807, 2.05) is 6.92 Å². The fourth-order valence-corrected chi connectivity index (χ4v) is 2.47. The Labute approximate surface area is 104 Å². The zero-order valence-corrected chi connectivity index (χ0v) is 11.3. The normalized spacial score (nSPS) is 25.3. The second-order valence-electron chi connectivity index (χ2n) is 5.18. The van der Waals surface area contributed by atoms with E-state index in [0.717, 1.165) is 32.3 Å². The quantitative estimate of drug-likeness (QED) is 0.769. The summed E-state index contributed by atoms with van der Waals surface area (Å²) in [6, 6.07) is 0.173.